The Bertz CT molecular complexity index is 1020. The highest BCUT2D eigenvalue weighted by Crippen LogP contribution is 2.19. The number of nitrogens with zero attached hydrogens (tertiary/aromatic N) is 1. The second-order valence-corrected chi connectivity index (χ2v) is 6.88. The Morgan fingerprint density at radius 1 is 0.931 bits per heavy atom. The smallest absolute Gasteiger partial charge is 0.222 e. The van der Waals surface area contributed by atoms with Gasteiger partial charge in [-0.25, -0.2) is 9.38 Å². The van der Waals surface area contributed by atoms with Crippen LogP contribution in [0.4, 0.5) is 10.1 Å². The first-order chi connectivity index (χ1) is 14.0. The highest BCUT2D eigenvalue weighted by atomic mass is 19.1. The van der Waals surface area contributed by atoms with Gasteiger partial charge in [-0.3, -0.25) is 0 Å². The summed E-state index contributed by atoms with van der Waals surface area (Å²) in [6, 6.07) is 20.0. The minimum absolute atomic E-state index is 0.265. The van der Waals surface area contributed by atoms with Crippen molar-refractivity contribution in [3.8, 4) is 5.75 Å². The van der Waals surface area contributed by atoms with Crippen molar-refractivity contribution in [1.82, 2.24) is 0 Å². The molecule has 0 spiro atoms. The fourth-order valence-electron chi connectivity index (χ4n) is 2.65. The molecule has 0 N–H and O–H groups in total. The minimum Gasteiger partial charge on any atom is -0.496 e. The molecule has 3 nitrogen and oxygen atoms in total. The quantitative estimate of drug-likeness (QED) is 0.270. The SMILES string of the molecule is Cc1cccc(OC(C=COCc2ccc(F)cc2)=Nc2ccc(C)c(C)c2)c1. The lowest BCUT2D eigenvalue weighted by molar-refractivity contribution is 0.236. The molecule has 0 aliphatic rings. The van der Waals surface area contributed by atoms with Crippen molar-refractivity contribution in [1.29, 1.82) is 0 Å². The molecule has 0 heterocycles. The number of hydrogen-bond acceptors (Lipinski definition) is 3. The maximum Gasteiger partial charge on any atom is 0.222 e. The zero-order chi connectivity index (χ0) is 20.6. The van der Waals surface area contributed by atoms with Crippen LogP contribution in [0.2, 0.25) is 0 Å². The van der Waals surface area contributed by atoms with E-state index < -0.39 is 0 Å². The van der Waals surface area contributed by atoms with E-state index in [0.29, 0.717) is 18.3 Å². The summed E-state index contributed by atoms with van der Waals surface area (Å²) in [6.07, 6.45) is 3.22. The first kappa shape index (κ1) is 20.3. The minimum atomic E-state index is -0.265. The molecule has 0 aliphatic carbocycles. The molecule has 0 fully saturated rings. The number of aliphatic imine (C=N–C) groups is 1. The van der Waals surface area contributed by atoms with E-state index in [9.17, 15) is 4.39 Å². The first-order valence-corrected chi connectivity index (χ1v) is 9.43. The average Bonchev–Trinajstić information content (AvgIpc) is 2.69. The van der Waals surface area contributed by atoms with Gasteiger partial charge in [-0.05, 0) is 79.4 Å². The van der Waals surface area contributed by atoms with Crippen molar-refractivity contribution in [2.75, 3.05) is 0 Å². The van der Waals surface area contributed by atoms with E-state index in [2.05, 4.69) is 18.8 Å². The summed E-state index contributed by atoms with van der Waals surface area (Å²) in [7, 11) is 0. The fraction of sp³-hybridized carbons (Fsp3) is 0.160. The molecular formula is C25H24FNO2. The van der Waals surface area contributed by atoms with Gasteiger partial charge in [-0.15, -0.1) is 0 Å². The summed E-state index contributed by atoms with van der Waals surface area (Å²) >= 11 is 0. The lowest BCUT2D eigenvalue weighted by atomic mass is 10.1. The van der Waals surface area contributed by atoms with Gasteiger partial charge in [-0.1, -0.05) is 30.3 Å². The molecule has 3 aromatic carbocycles. The van der Waals surface area contributed by atoms with Crippen molar-refractivity contribution in [2.45, 2.75) is 27.4 Å². The van der Waals surface area contributed by atoms with Crippen molar-refractivity contribution >= 4 is 11.6 Å². The normalized spacial score (nSPS) is 11.7. The molecular weight excluding hydrogens is 365 g/mol. The second kappa shape index (κ2) is 9.69. The van der Waals surface area contributed by atoms with Crippen molar-refractivity contribution in [2.24, 2.45) is 4.99 Å². The van der Waals surface area contributed by atoms with E-state index in [-0.39, 0.29) is 5.82 Å². The largest absolute Gasteiger partial charge is 0.496 e. The molecule has 0 aromatic heterocycles. The Morgan fingerprint density at radius 2 is 1.72 bits per heavy atom. The summed E-state index contributed by atoms with van der Waals surface area (Å²) in [4.78, 5) is 4.62. The Balaban J connectivity index is 1.76. The summed E-state index contributed by atoms with van der Waals surface area (Å²) in [5.74, 6) is 0.854. The third kappa shape index (κ3) is 6.32. The predicted molar refractivity (Wildman–Crippen MR) is 115 cm³/mol. The molecule has 0 bridgehead atoms. The van der Waals surface area contributed by atoms with Gasteiger partial charge in [0.25, 0.3) is 0 Å². The molecule has 0 amide bonds. The van der Waals surface area contributed by atoms with Gasteiger partial charge >= 0.3 is 0 Å². The van der Waals surface area contributed by atoms with Gasteiger partial charge in [0.15, 0.2) is 0 Å². The van der Waals surface area contributed by atoms with E-state index in [1.165, 1.54) is 17.7 Å². The lowest BCUT2D eigenvalue weighted by Crippen LogP contribution is -2.05. The predicted octanol–water partition coefficient (Wildman–Crippen LogP) is 6.59. The Morgan fingerprint density at radius 3 is 2.45 bits per heavy atom. The van der Waals surface area contributed by atoms with Gasteiger partial charge in [0.05, 0.1) is 11.9 Å². The van der Waals surface area contributed by atoms with Crippen LogP contribution in [0.15, 0.2) is 84.1 Å². The number of aryl methyl sites for hydroxylation is 3. The third-order valence-electron chi connectivity index (χ3n) is 4.41. The Hall–Kier alpha value is -3.40. The van der Waals surface area contributed by atoms with Crippen molar-refractivity contribution in [3.05, 3.63) is 107 Å². The maximum atomic E-state index is 13.0. The van der Waals surface area contributed by atoms with Crippen LogP contribution in [0.25, 0.3) is 0 Å². The fourth-order valence-corrected chi connectivity index (χ4v) is 2.65. The van der Waals surface area contributed by atoms with Crippen LogP contribution in [0, 0.1) is 26.6 Å². The number of hydrogen-bond donors (Lipinski definition) is 0. The number of ether oxygens (including phenoxy) is 2. The lowest BCUT2D eigenvalue weighted by Gasteiger charge is -2.08. The molecule has 148 valence electrons. The van der Waals surface area contributed by atoms with Crippen LogP contribution in [0.3, 0.4) is 0 Å². The van der Waals surface area contributed by atoms with Crippen molar-refractivity contribution in [3.63, 3.8) is 0 Å². The molecule has 3 aromatic rings. The second-order valence-electron chi connectivity index (χ2n) is 6.88. The molecule has 29 heavy (non-hydrogen) atoms. The van der Waals surface area contributed by atoms with Crippen LogP contribution in [-0.2, 0) is 11.3 Å². The van der Waals surface area contributed by atoms with Crippen LogP contribution in [-0.4, -0.2) is 5.90 Å². The molecule has 0 radical (unpaired) electrons. The average molecular weight is 389 g/mol. The molecule has 4 heteroatoms. The van der Waals surface area contributed by atoms with Gasteiger partial charge in [0, 0.05) is 6.08 Å². The van der Waals surface area contributed by atoms with Crippen molar-refractivity contribution < 1.29 is 13.9 Å². The Kier molecular flexibility index (Phi) is 6.80. The molecule has 0 saturated carbocycles. The molecule has 0 unspecified atom stereocenters. The summed E-state index contributed by atoms with van der Waals surface area (Å²) in [6.45, 7) is 6.46. The van der Waals surface area contributed by atoms with Gasteiger partial charge in [-0.2, -0.15) is 0 Å². The third-order valence-corrected chi connectivity index (χ3v) is 4.41. The summed E-state index contributed by atoms with van der Waals surface area (Å²) in [5, 5.41) is 0. The van der Waals surface area contributed by atoms with E-state index in [0.717, 1.165) is 22.4 Å². The maximum absolute atomic E-state index is 13.0. The number of benzene rings is 3. The highest BCUT2D eigenvalue weighted by Gasteiger charge is 2.03. The molecule has 0 saturated heterocycles. The van der Waals surface area contributed by atoms with E-state index in [1.807, 2.05) is 49.4 Å². The Labute approximate surface area is 171 Å². The van der Waals surface area contributed by atoms with Gasteiger partial charge < -0.3 is 9.47 Å². The summed E-state index contributed by atoms with van der Waals surface area (Å²) in [5.41, 5.74) is 5.16. The van der Waals surface area contributed by atoms with Crippen LogP contribution in [0.1, 0.15) is 22.3 Å². The number of rotatable bonds is 6. The highest BCUT2D eigenvalue weighted by molar-refractivity contribution is 5.91. The van der Waals surface area contributed by atoms with Crippen LogP contribution in [0.5, 0.6) is 5.75 Å². The standard InChI is InChI=1S/C25H24FNO2/c1-18-5-4-6-24(15-18)29-25(27-23-12-7-19(2)20(3)16-23)13-14-28-17-21-8-10-22(26)11-9-21/h4-16H,17H2,1-3H3. The summed E-state index contributed by atoms with van der Waals surface area (Å²) < 4.78 is 24.5. The zero-order valence-electron chi connectivity index (χ0n) is 16.9. The van der Waals surface area contributed by atoms with Gasteiger partial charge in [0.2, 0.25) is 5.90 Å². The topological polar surface area (TPSA) is 30.8 Å². The molecule has 0 aliphatic heterocycles. The molecule has 0 atom stereocenters. The van der Waals surface area contributed by atoms with Crippen LogP contribution < -0.4 is 4.74 Å². The monoisotopic (exact) mass is 389 g/mol. The van der Waals surface area contributed by atoms with E-state index in [4.69, 9.17) is 9.47 Å². The zero-order valence-corrected chi connectivity index (χ0v) is 16.9. The first-order valence-electron chi connectivity index (χ1n) is 9.43. The molecule has 3 rings (SSSR count). The van der Waals surface area contributed by atoms with Gasteiger partial charge in [0.1, 0.15) is 18.2 Å². The van der Waals surface area contributed by atoms with E-state index in [1.54, 1.807) is 24.5 Å². The number of halogens is 1. The van der Waals surface area contributed by atoms with E-state index >= 15 is 0 Å². The van der Waals surface area contributed by atoms with Crippen LogP contribution >= 0.6 is 0 Å².